The molecule has 2 heterocycles. The zero-order chi connectivity index (χ0) is 63.1. The molecule has 2 saturated heterocycles. The predicted octanol–water partition coefficient (Wildman–Crippen LogP) is -7.47. The standard InChI is InChI=1S/C49H92N24O10S/c1-3-26(2)35(71-38(76)29(13-6-20-63-47(55)56)66-36(74)27(50)11-4-18-61-45(51)52)41(79)69-31(15-8-22-65-49(59)60)43(81)73-24-10-17-34(73)40(78)68-30(14-7-21-64-48(57)58)42(80)72-23-9-16-33(72)39(77)67-28(12-5-19-62-46(53)54)37(75)70-32(25-84)44(82)83/h26-35,84H,3-25,50H2,1-2H3,(H,66,74)(H,67,77)(H,68,78)(H,69,79)(H,70,75)(H,71,76)(H,82,83)(H4,51,52,61)(H4,53,54,62)(H4,55,56,63)(H4,57,58,64)(H4,59,60,65)/t26-,27-,28-,29-,30-,31-,32-,33-,34-,35-/m0/s1. The quantitative estimate of drug-likeness (QED) is 0.0118. The lowest BCUT2D eigenvalue weighted by Gasteiger charge is -2.33. The number of guanidine groups is 5. The van der Waals surface area contributed by atoms with Crippen LogP contribution in [0.1, 0.15) is 110 Å². The summed E-state index contributed by atoms with van der Waals surface area (Å²) in [5, 5.41) is 25.6. The van der Waals surface area contributed by atoms with E-state index < -0.39 is 114 Å². The number of nitrogens with two attached hydrogens (primary N) is 11. The highest BCUT2D eigenvalue weighted by Gasteiger charge is 2.43. The number of rotatable bonds is 38. The molecule has 35 heteroatoms. The molecule has 0 spiro atoms. The molecule has 2 fully saturated rings. The highest BCUT2D eigenvalue weighted by atomic mass is 32.1. The number of aliphatic carboxylic acids is 1. The minimum atomic E-state index is -1.38. The van der Waals surface area contributed by atoms with Crippen molar-refractivity contribution in [3.8, 4) is 0 Å². The Balaban J connectivity index is 2.48. The fraction of sp³-hybridized carbons (Fsp3) is 0.714. The normalized spacial score (nSPS) is 17.4. The Labute approximate surface area is 494 Å². The van der Waals surface area contributed by atoms with Crippen LogP contribution in [0.25, 0.3) is 0 Å². The van der Waals surface area contributed by atoms with Gasteiger partial charge in [0.15, 0.2) is 29.8 Å². The van der Waals surface area contributed by atoms with Gasteiger partial charge >= 0.3 is 5.97 Å². The van der Waals surface area contributed by atoms with Crippen molar-refractivity contribution in [2.75, 3.05) is 51.6 Å². The number of amides is 8. The van der Waals surface area contributed by atoms with Crippen LogP contribution in [-0.4, -0.2) is 204 Å². The van der Waals surface area contributed by atoms with Crippen LogP contribution in [0.3, 0.4) is 0 Å². The van der Waals surface area contributed by atoms with E-state index in [0.717, 1.165) is 0 Å². The summed E-state index contributed by atoms with van der Waals surface area (Å²) in [5.74, 6) is -8.78. The predicted molar refractivity (Wildman–Crippen MR) is 320 cm³/mol. The summed E-state index contributed by atoms with van der Waals surface area (Å²) in [6.45, 7) is 4.18. The highest BCUT2D eigenvalue weighted by molar-refractivity contribution is 7.80. The Morgan fingerprint density at radius 3 is 1.20 bits per heavy atom. The minimum absolute atomic E-state index is 0.0174. The maximum atomic E-state index is 14.8. The monoisotopic (exact) mass is 1210 g/mol. The third-order valence-corrected chi connectivity index (χ3v) is 14.2. The van der Waals surface area contributed by atoms with Gasteiger partial charge in [0.05, 0.1) is 6.04 Å². The number of likely N-dealkylation sites (tertiary alicyclic amines) is 2. The molecule has 0 aromatic rings. The summed E-state index contributed by atoms with van der Waals surface area (Å²) < 4.78 is 0. The molecule has 84 heavy (non-hydrogen) atoms. The number of hydrogen-bond donors (Lipinski definition) is 19. The van der Waals surface area contributed by atoms with E-state index in [4.69, 9.17) is 63.1 Å². The topological polar surface area (TPSA) is 601 Å². The number of nitrogens with one attached hydrogen (secondary N) is 6. The molecule has 8 amide bonds. The molecule has 0 saturated carbocycles. The summed E-state index contributed by atoms with van der Waals surface area (Å²) in [4.78, 5) is 148. The molecule has 34 nitrogen and oxygen atoms in total. The van der Waals surface area contributed by atoms with Crippen molar-refractivity contribution in [1.29, 1.82) is 0 Å². The molecular formula is C49H92N24O10S. The van der Waals surface area contributed by atoms with Crippen molar-refractivity contribution in [1.82, 2.24) is 41.7 Å². The van der Waals surface area contributed by atoms with Gasteiger partial charge in [-0.1, -0.05) is 20.3 Å². The van der Waals surface area contributed by atoms with E-state index in [1.165, 1.54) is 9.80 Å². The van der Waals surface area contributed by atoms with Crippen molar-refractivity contribution in [3.63, 3.8) is 0 Å². The number of hydrogen-bond acceptors (Lipinski definition) is 16. The van der Waals surface area contributed by atoms with Gasteiger partial charge in [0.1, 0.15) is 48.3 Å². The van der Waals surface area contributed by atoms with Crippen molar-refractivity contribution in [3.05, 3.63) is 0 Å². The van der Waals surface area contributed by atoms with Gasteiger partial charge in [0.25, 0.3) is 0 Å². The molecule has 29 N–H and O–H groups in total. The first-order valence-electron chi connectivity index (χ1n) is 28.0. The Morgan fingerprint density at radius 2 is 0.821 bits per heavy atom. The molecule has 2 aliphatic heterocycles. The number of carboxylic acids is 1. The zero-order valence-electron chi connectivity index (χ0n) is 48.1. The summed E-state index contributed by atoms with van der Waals surface area (Å²) >= 11 is 4.01. The van der Waals surface area contributed by atoms with Crippen molar-refractivity contribution < 1.29 is 48.3 Å². The maximum Gasteiger partial charge on any atom is 0.327 e. The second kappa shape index (κ2) is 37.9. The maximum absolute atomic E-state index is 14.8. The third-order valence-electron chi connectivity index (χ3n) is 13.8. The van der Waals surface area contributed by atoms with Crippen LogP contribution in [0, 0.1) is 5.92 Å². The van der Waals surface area contributed by atoms with E-state index in [2.05, 4.69) is 69.5 Å². The first-order chi connectivity index (χ1) is 39.7. The number of nitrogens with zero attached hydrogens (tertiary/aromatic N) is 7. The molecule has 2 rings (SSSR count). The molecule has 0 unspecified atom stereocenters. The van der Waals surface area contributed by atoms with Gasteiger partial charge in [0, 0.05) is 51.6 Å². The molecule has 10 atom stereocenters. The Bertz CT molecular complexity index is 2360. The third kappa shape index (κ3) is 26.0. The summed E-state index contributed by atoms with van der Waals surface area (Å²) in [5.41, 5.74) is 61.1. The van der Waals surface area contributed by atoms with Gasteiger partial charge in [-0.15, -0.1) is 0 Å². The second-order valence-electron chi connectivity index (χ2n) is 20.4. The Hall–Kier alpha value is -8.11. The van der Waals surface area contributed by atoms with Gasteiger partial charge in [-0.3, -0.25) is 63.3 Å². The van der Waals surface area contributed by atoms with Gasteiger partial charge in [-0.25, -0.2) is 4.79 Å². The number of aliphatic imine (C=N–C) groups is 5. The van der Waals surface area contributed by atoms with Crippen LogP contribution in [0.4, 0.5) is 0 Å². The number of thiol groups is 1. The fourth-order valence-electron chi connectivity index (χ4n) is 9.21. The fourth-order valence-corrected chi connectivity index (χ4v) is 9.46. The number of carbonyl (C=O) groups is 9. The van der Waals surface area contributed by atoms with Crippen molar-refractivity contribution in [2.45, 2.75) is 165 Å². The number of carbonyl (C=O) groups excluding carboxylic acids is 8. The van der Waals surface area contributed by atoms with Gasteiger partial charge in [0.2, 0.25) is 47.3 Å². The molecule has 0 aromatic heterocycles. The van der Waals surface area contributed by atoms with Crippen LogP contribution >= 0.6 is 12.6 Å². The molecule has 474 valence electrons. The smallest absolute Gasteiger partial charge is 0.327 e. The van der Waals surface area contributed by atoms with Crippen molar-refractivity contribution in [2.24, 2.45) is 94.0 Å². The highest BCUT2D eigenvalue weighted by Crippen LogP contribution is 2.24. The lowest BCUT2D eigenvalue weighted by Crippen LogP contribution is -2.60. The van der Waals surface area contributed by atoms with E-state index in [9.17, 15) is 48.3 Å². The molecule has 0 radical (unpaired) electrons. The van der Waals surface area contributed by atoms with Crippen LogP contribution in [0.2, 0.25) is 0 Å². The SMILES string of the molecule is CC[C@H](C)[C@H](NC(=O)[C@H](CCCN=C(N)N)NC(=O)[C@@H](N)CCCN=C(N)N)C(=O)N[C@@H](CCCN=C(N)N)C(=O)N1CCC[C@H]1C(=O)N[C@@H](CCCN=C(N)N)C(=O)N1CCC[C@H]1C(=O)N[C@@H](CCCN=C(N)N)C(=O)N[C@@H](CS)C(=O)O. The second-order valence-corrected chi connectivity index (χ2v) is 20.8. The largest absolute Gasteiger partial charge is 0.480 e. The lowest BCUT2D eigenvalue weighted by molar-refractivity contribution is -0.145. The minimum Gasteiger partial charge on any atom is -0.480 e. The van der Waals surface area contributed by atoms with Crippen LogP contribution < -0.4 is 95.0 Å². The average Bonchev–Trinajstić information content (AvgIpc) is 3.85. The molecule has 0 bridgehead atoms. The molecule has 0 aliphatic carbocycles. The van der Waals surface area contributed by atoms with Crippen LogP contribution in [0.15, 0.2) is 25.0 Å². The first kappa shape index (κ1) is 72.0. The van der Waals surface area contributed by atoms with E-state index in [1.807, 2.05) is 0 Å². The van der Waals surface area contributed by atoms with Gasteiger partial charge < -0.3 is 110 Å². The van der Waals surface area contributed by atoms with E-state index >= 15 is 0 Å². The summed E-state index contributed by atoms with van der Waals surface area (Å²) in [6, 6.07) is -11.1. The molecule has 2 aliphatic rings. The van der Waals surface area contributed by atoms with Gasteiger partial charge in [-0.05, 0) is 95.8 Å². The van der Waals surface area contributed by atoms with Crippen LogP contribution in [-0.2, 0) is 43.2 Å². The molecule has 0 aromatic carbocycles. The zero-order valence-corrected chi connectivity index (χ0v) is 49.0. The summed E-state index contributed by atoms with van der Waals surface area (Å²) in [6.07, 6.45) is 2.68. The number of carboxylic acid groups (broad SMARTS) is 1. The lowest BCUT2D eigenvalue weighted by atomic mass is 9.96. The Morgan fingerprint density at radius 1 is 0.488 bits per heavy atom. The average molecular weight is 1210 g/mol. The van der Waals surface area contributed by atoms with Gasteiger partial charge in [-0.2, -0.15) is 12.6 Å². The van der Waals surface area contributed by atoms with E-state index in [0.29, 0.717) is 25.7 Å². The van der Waals surface area contributed by atoms with Crippen molar-refractivity contribution >= 4 is 95.7 Å². The first-order valence-corrected chi connectivity index (χ1v) is 28.6. The van der Waals surface area contributed by atoms with Crippen LogP contribution in [0.5, 0.6) is 0 Å². The Kier molecular flexibility index (Phi) is 32.5. The van der Waals surface area contributed by atoms with E-state index in [1.54, 1.807) is 13.8 Å². The van der Waals surface area contributed by atoms with E-state index in [-0.39, 0.29) is 152 Å². The summed E-state index contributed by atoms with van der Waals surface area (Å²) in [7, 11) is 0. The molecular weight excluding hydrogens is 1120 g/mol.